The van der Waals surface area contributed by atoms with Crippen LogP contribution in [-0.4, -0.2) is 0 Å². The summed E-state index contributed by atoms with van der Waals surface area (Å²) in [5.41, 5.74) is 0. The van der Waals surface area contributed by atoms with Crippen molar-refractivity contribution in [3.8, 4) is 0 Å². The van der Waals surface area contributed by atoms with Crippen molar-refractivity contribution < 1.29 is 127 Å². The van der Waals surface area contributed by atoms with Crippen LogP contribution in [0, 0.1) is 35.6 Å². The fraction of sp³-hybridized carbons (Fsp3) is 0. The van der Waals surface area contributed by atoms with Crippen LogP contribution < -0.4 is 44.6 Å². The van der Waals surface area contributed by atoms with E-state index in [1.165, 1.54) is 0 Å². The van der Waals surface area contributed by atoms with E-state index in [9.17, 15) is 0 Å². The van der Waals surface area contributed by atoms with Crippen LogP contribution in [0.5, 0.6) is 0 Å². The van der Waals surface area contributed by atoms with E-state index < -0.39 is 33.5 Å². The Kier molecular flexibility index (Phi) is 20.3. The quantitative estimate of drug-likeness (QED) is 0.308. The monoisotopic (exact) mass is 486 g/mol. The molecule has 0 fully saturated rings. The van der Waals surface area contributed by atoms with Crippen LogP contribution in [0.4, 0.5) is 0 Å². The summed E-state index contributed by atoms with van der Waals surface area (Å²) in [5.74, 6) is 0. The second-order valence-electron chi connectivity index (χ2n) is 0.816. The summed E-state index contributed by atoms with van der Waals surface area (Å²) in [6, 6.07) is 0. The molecule has 0 amide bonds. The van der Waals surface area contributed by atoms with Gasteiger partial charge in [-0.1, -0.05) is 0 Å². The van der Waals surface area contributed by atoms with Crippen LogP contribution in [0.3, 0.4) is 0 Å². The molecule has 0 bridgehead atoms. The molecule has 12 heteroatoms. The molecule has 0 rings (SSSR count). The molecule has 0 aliphatic heterocycles. The standard InChI is InChI=1S/La.2Mo.Na.8O/q+3;;;+1;;;;;4*-1. The molecule has 64 valence electrons. The molecule has 0 aromatic rings. The summed E-state index contributed by atoms with van der Waals surface area (Å²) in [5, 5.41) is 0. The summed E-state index contributed by atoms with van der Waals surface area (Å²) in [7, 11) is 0. The van der Waals surface area contributed by atoms with Crippen molar-refractivity contribution in [1.82, 2.24) is 0 Å². The van der Waals surface area contributed by atoms with E-state index in [4.69, 9.17) is 28.6 Å². The van der Waals surface area contributed by atoms with E-state index in [2.05, 4.69) is 0 Å². The van der Waals surface area contributed by atoms with Gasteiger partial charge in [0.2, 0.25) is 0 Å². The Morgan fingerprint density at radius 1 is 0.667 bits per heavy atom. The molecule has 0 aliphatic rings. The molecular formula is LaMo2NaO8. The van der Waals surface area contributed by atoms with Gasteiger partial charge in [-0.15, -0.1) is 0 Å². The minimum atomic E-state index is -6.02. The van der Waals surface area contributed by atoms with Gasteiger partial charge in [0.15, 0.2) is 0 Å². The fourth-order valence-corrected chi connectivity index (χ4v) is 0. The van der Waals surface area contributed by atoms with Gasteiger partial charge in [0, 0.05) is 0 Å². The molecule has 0 heterocycles. The first kappa shape index (κ1) is 24.0. The van der Waals surface area contributed by atoms with E-state index in [0.29, 0.717) is 0 Å². The third-order valence-electron chi connectivity index (χ3n) is 0. The predicted octanol–water partition coefficient (Wildman–Crippen LogP) is -8.23. The molecule has 0 aromatic heterocycles. The Morgan fingerprint density at radius 2 is 0.667 bits per heavy atom. The molecule has 0 aliphatic carbocycles. The average molecular weight is 482 g/mol. The molecular weight excluding hydrogens is 482 g/mol. The first-order valence-corrected chi connectivity index (χ1v) is 7.89. The topological polar surface area (TPSA) is 161 Å². The van der Waals surface area contributed by atoms with E-state index >= 15 is 0 Å². The van der Waals surface area contributed by atoms with Crippen molar-refractivity contribution >= 4 is 0 Å². The molecule has 8 nitrogen and oxygen atoms in total. The van der Waals surface area contributed by atoms with Gasteiger partial charge in [0.25, 0.3) is 0 Å². The molecule has 0 atom stereocenters. The summed E-state index contributed by atoms with van der Waals surface area (Å²) < 4.78 is 69.0. The Labute approximate surface area is 125 Å². The zero-order chi connectivity index (χ0) is 9.00. The van der Waals surface area contributed by atoms with Crippen molar-refractivity contribution in [2.24, 2.45) is 0 Å². The number of rotatable bonds is 0. The predicted molar refractivity (Wildman–Crippen MR) is 2.75 cm³/mol. The molecule has 0 N–H and O–H groups in total. The first-order valence-electron chi connectivity index (χ1n) is 1.33. The minimum absolute atomic E-state index is 0. The Morgan fingerprint density at radius 3 is 0.667 bits per heavy atom. The molecule has 0 saturated carbocycles. The fourth-order valence-electron chi connectivity index (χ4n) is 0. The molecule has 0 radical (unpaired) electrons. The van der Waals surface area contributed by atoms with Crippen molar-refractivity contribution in [3.63, 3.8) is 0 Å². The van der Waals surface area contributed by atoms with E-state index in [-0.39, 0.29) is 65.2 Å². The summed E-state index contributed by atoms with van der Waals surface area (Å²) >= 11 is -12.0. The van der Waals surface area contributed by atoms with Crippen LogP contribution in [0.25, 0.3) is 0 Å². The second kappa shape index (κ2) is 10.1. The summed E-state index contributed by atoms with van der Waals surface area (Å²) in [6.07, 6.45) is 0. The van der Waals surface area contributed by atoms with E-state index in [0.717, 1.165) is 0 Å². The Bertz CT molecular complexity index is 213. The van der Waals surface area contributed by atoms with E-state index in [1.54, 1.807) is 0 Å². The van der Waals surface area contributed by atoms with Crippen LogP contribution in [-0.2, 0) is 47.1 Å². The molecule has 0 unspecified atom stereocenters. The zero-order valence-corrected chi connectivity index (χ0v) is 15.3. The first-order chi connectivity index (χ1) is 4.00. The van der Waals surface area contributed by atoms with Gasteiger partial charge in [-0.05, 0) is 0 Å². The van der Waals surface area contributed by atoms with Crippen LogP contribution >= 0.6 is 0 Å². The Balaban J connectivity index is -0.0000000457. The maximum atomic E-state index is 8.63. The number of hydrogen-bond acceptors (Lipinski definition) is 8. The molecule has 12 heavy (non-hydrogen) atoms. The van der Waals surface area contributed by atoms with Gasteiger partial charge in [0.1, 0.15) is 0 Å². The third kappa shape index (κ3) is 249. The third-order valence-corrected chi connectivity index (χ3v) is 0. The normalized spacial score (nSPS) is 9.67. The van der Waals surface area contributed by atoms with Gasteiger partial charge in [-0.3, -0.25) is 0 Å². The van der Waals surface area contributed by atoms with Gasteiger partial charge >= 0.3 is 127 Å². The SMILES string of the molecule is [La+3].[Na+].[O]=[Mo](=[O])([O-])[O-].[O]=[Mo](=[O])([O-])[O-]. The van der Waals surface area contributed by atoms with Crippen LogP contribution in [0.15, 0.2) is 0 Å². The summed E-state index contributed by atoms with van der Waals surface area (Å²) in [4.78, 5) is 0. The van der Waals surface area contributed by atoms with Crippen molar-refractivity contribution in [2.45, 2.75) is 0 Å². The molecule has 0 saturated heterocycles. The van der Waals surface area contributed by atoms with Crippen molar-refractivity contribution in [2.75, 3.05) is 0 Å². The van der Waals surface area contributed by atoms with Gasteiger partial charge < -0.3 is 0 Å². The molecule has 0 aromatic carbocycles. The molecule has 0 spiro atoms. The van der Waals surface area contributed by atoms with Crippen molar-refractivity contribution in [1.29, 1.82) is 0 Å². The maximum absolute atomic E-state index is 8.63. The Hall–Kier alpha value is 2.61. The van der Waals surface area contributed by atoms with Gasteiger partial charge in [-0.25, -0.2) is 0 Å². The average Bonchev–Trinajstić information content (AvgIpc) is 1.12. The van der Waals surface area contributed by atoms with Gasteiger partial charge in [-0.2, -0.15) is 0 Å². The van der Waals surface area contributed by atoms with Crippen LogP contribution in [0.1, 0.15) is 0 Å². The number of hydrogen-bond donors (Lipinski definition) is 0. The van der Waals surface area contributed by atoms with Gasteiger partial charge in [0.05, 0.1) is 0 Å². The second-order valence-corrected chi connectivity index (χ2v) is 4.83. The van der Waals surface area contributed by atoms with Crippen LogP contribution in [0.2, 0.25) is 0 Å². The van der Waals surface area contributed by atoms with Crippen molar-refractivity contribution in [3.05, 3.63) is 0 Å². The van der Waals surface area contributed by atoms with E-state index in [1.807, 2.05) is 0 Å². The zero-order valence-electron chi connectivity index (χ0n) is 5.66. The summed E-state index contributed by atoms with van der Waals surface area (Å²) in [6.45, 7) is 0.